The number of nitrogen functional groups attached to an aromatic ring is 1. The third-order valence-electron chi connectivity index (χ3n) is 2.27. The van der Waals surface area contributed by atoms with Gasteiger partial charge in [-0.1, -0.05) is 19.9 Å². The summed E-state index contributed by atoms with van der Waals surface area (Å²) >= 11 is 0. The Labute approximate surface area is 90.3 Å². The molecule has 0 aromatic heterocycles. The molecule has 76 valence electrons. The van der Waals surface area contributed by atoms with Gasteiger partial charge in [0.15, 0.2) is 4.98 Å². The molecule has 0 atom stereocenters. The van der Waals surface area contributed by atoms with Crippen molar-refractivity contribution in [1.82, 2.24) is 0 Å². The van der Waals surface area contributed by atoms with Crippen LogP contribution in [-0.4, -0.2) is 0 Å². The molecule has 0 spiro atoms. The minimum absolute atomic E-state index is 0. The first-order chi connectivity index (χ1) is 6.24. The molecule has 1 aromatic carbocycles. The van der Waals surface area contributed by atoms with E-state index in [0.717, 1.165) is 18.4 Å². The van der Waals surface area contributed by atoms with Gasteiger partial charge in [0, 0.05) is 6.07 Å². The molecule has 0 radical (unpaired) electrons. The van der Waals surface area contributed by atoms with E-state index in [2.05, 4.69) is 11.9 Å². The number of nitrogens with zero attached hydrogens (tertiary/aromatic N) is 2. The average Bonchev–Trinajstić information content (AvgIpc) is 2.17. The Morgan fingerprint density at radius 1 is 1.29 bits per heavy atom. The molecule has 0 bridgehead atoms. The fourth-order valence-corrected chi connectivity index (χ4v) is 1.53. The van der Waals surface area contributed by atoms with Crippen LogP contribution < -0.4 is 18.1 Å². The van der Waals surface area contributed by atoms with Crippen LogP contribution in [0.3, 0.4) is 0 Å². The zero-order chi connectivity index (χ0) is 9.84. The van der Waals surface area contributed by atoms with Crippen molar-refractivity contribution in [1.29, 1.82) is 5.39 Å². The Morgan fingerprint density at radius 2 is 1.93 bits per heavy atom. The van der Waals surface area contributed by atoms with Crippen molar-refractivity contribution in [2.75, 3.05) is 5.73 Å². The molecule has 0 saturated heterocycles. The number of hydrogen-bond donors (Lipinski definition) is 1. The van der Waals surface area contributed by atoms with Crippen LogP contribution in [0.5, 0.6) is 0 Å². The summed E-state index contributed by atoms with van der Waals surface area (Å²) < 4.78 is 0. The summed E-state index contributed by atoms with van der Waals surface area (Å²) in [5.41, 5.74) is 9.22. The molecule has 0 amide bonds. The second kappa shape index (κ2) is 5.46. The maximum atomic E-state index is 8.65. The lowest BCUT2D eigenvalue weighted by molar-refractivity contribution is -0.00000303. The molecule has 0 aliphatic rings. The van der Waals surface area contributed by atoms with Gasteiger partial charge in [0.1, 0.15) is 5.69 Å². The standard InChI is InChI=1S/C10H14N3.ClH/c1-3-7-5-6-9(13-12)10(11)8(7)4-2;/h5-6H,3-4,11H2,1-2H3;1H/q+1;/p-1. The summed E-state index contributed by atoms with van der Waals surface area (Å²) in [6.07, 6.45) is 1.83. The molecule has 0 unspecified atom stereocenters. The second-order valence-corrected chi connectivity index (χ2v) is 2.94. The van der Waals surface area contributed by atoms with Crippen LogP contribution in [0.25, 0.3) is 4.98 Å². The first-order valence-electron chi connectivity index (χ1n) is 4.49. The monoisotopic (exact) mass is 211 g/mol. The van der Waals surface area contributed by atoms with Crippen LogP contribution in [0, 0.1) is 5.39 Å². The predicted octanol–water partition coefficient (Wildman–Crippen LogP) is -0.118. The van der Waals surface area contributed by atoms with Gasteiger partial charge in [-0.15, -0.1) is 0 Å². The Bertz CT molecular complexity index is 355. The Hall–Kier alpha value is -1.27. The van der Waals surface area contributed by atoms with E-state index in [9.17, 15) is 0 Å². The summed E-state index contributed by atoms with van der Waals surface area (Å²) in [5.74, 6) is 0. The van der Waals surface area contributed by atoms with Gasteiger partial charge in [-0.3, -0.25) is 0 Å². The molecule has 1 rings (SSSR count). The average molecular weight is 212 g/mol. The number of benzene rings is 1. The van der Waals surface area contributed by atoms with E-state index in [1.165, 1.54) is 5.56 Å². The van der Waals surface area contributed by atoms with Crippen LogP contribution in [0.1, 0.15) is 25.0 Å². The summed E-state index contributed by atoms with van der Waals surface area (Å²) in [5, 5.41) is 8.65. The number of diazo groups is 1. The first-order valence-corrected chi connectivity index (χ1v) is 4.49. The molecule has 0 aliphatic carbocycles. The minimum Gasteiger partial charge on any atom is -1.00 e. The second-order valence-electron chi connectivity index (χ2n) is 2.94. The first kappa shape index (κ1) is 12.7. The number of rotatable bonds is 2. The van der Waals surface area contributed by atoms with Crippen LogP contribution in [0.2, 0.25) is 0 Å². The molecular formula is C10H14ClN3. The summed E-state index contributed by atoms with van der Waals surface area (Å²) in [7, 11) is 0. The van der Waals surface area contributed by atoms with Gasteiger partial charge in [-0.25, -0.2) is 0 Å². The highest BCUT2D eigenvalue weighted by atomic mass is 35.5. The minimum atomic E-state index is 0. The van der Waals surface area contributed by atoms with E-state index in [0.29, 0.717) is 11.4 Å². The number of nitrogens with two attached hydrogens (primary N) is 1. The van der Waals surface area contributed by atoms with Gasteiger partial charge in [-0.2, -0.15) is 0 Å². The topological polar surface area (TPSA) is 54.2 Å². The maximum absolute atomic E-state index is 8.65. The molecule has 2 N–H and O–H groups in total. The van der Waals surface area contributed by atoms with Gasteiger partial charge in [0.2, 0.25) is 5.39 Å². The highest BCUT2D eigenvalue weighted by Gasteiger charge is 2.15. The largest absolute Gasteiger partial charge is 1.00 e. The van der Waals surface area contributed by atoms with Gasteiger partial charge in [-0.05, 0) is 24.0 Å². The van der Waals surface area contributed by atoms with Crippen molar-refractivity contribution in [2.45, 2.75) is 26.7 Å². The Balaban J connectivity index is 0.00000169. The van der Waals surface area contributed by atoms with Gasteiger partial charge in [0.25, 0.3) is 0 Å². The van der Waals surface area contributed by atoms with Crippen molar-refractivity contribution in [2.24, 2.45) is 0 Å². The van der Waals surface area contributed by atoms with Crippen molar-refractivity contribution in [3.05, 3.63) is 28.2 Å². The lowest BCUT2D eigenvalue weighted by Gasteiger charge is -2.05. The van der Waals surface area contributed by atoms with Crippen molar-refractivity contribution >= 4 is 11.4 Å². The zero-order valence-electron chi connectivity index (χ0n) is 8.42. The molecule has 0 heterocycles. The normalized spacial score (nSPS) is 8.93. The Morgan fingerprint density at radius 3 is 2.36 bits per heavy atom. The molecule has 3 nitrogen and oxygen atoms in total. The predicted molar refractivity (Wildman–Crippen MR) is 54.4 cm³/mol. The van der Waals surface area contributed by atoms with E-state index in [4.69, 9.17) is 11.1 Å². The highest BCUT2D eigenvalue weighted by molar-refractivity contribution is 5.72. The van der Waals surface area contributed by atoms with E-state index < -0.39 is 0 Å². The van der Waals surface area contributed by atoms with Crippen molar-refractivity contribution in [3.63, 3.8) is 0 Å². The molecule has 4 heteroatoms. The molecule has 14 heavy (non-hydrogen) atoms. The van der Waals surface area contributed by atoms with Crippen LogP contribution in [0.15, 0.2) is 12.1 Å². The molecular weight excluding hydrogens is 198 g/mol. The van der Waals surface area contributed by atoms with E-state index in [-0.39, 0.29) is 12.4 Å². The van der Waals surface area contributed by atoms with Gasteiger partial charge < -0.3 is 18.1 Å². The number of aryl methyl sites for hydroxylation is 1. The van der Waals surface area contributed by atoms with E-state index in [1.54, 1.807) is 6.07 Å². The van der Waals surface area contributed by atoms with Crippen LogP contribution in [-0.2, 0) is 12.8 Å². The number of anilines is 1. The zero-order valence-corrected chi connectivity index (χ0v) is 9.17. The summed E-state index contributed by atoms with van der Waals surface area (Å²) in [6, 6.07) is 3.71. The quantitative estimate of drug-likeness (QED) is 0.548. The Kier molecular flexibility index (Phi) is 4.96. The van der Waals surface area contributed by atoms with E-state index in [1.807, 2.05) is 13.0 Å². The van der Waals surface area contributed by atoms with Crippen molar-refractivity contribution in [3.8, 4) is 0 Å². The fourth-order valence-electron chi connectivity index (χ4n) is 1.53. The fraction of sp³-hybridized carbons (Fsp3) is 0.400. The summed E-state index contributed by atoms with van der Waals surface area (Å²) in [4.78, 5) is 3.13. The van der Waals surface area contributed by atoms with Crippen LogP contribution >= 0.6 is 0 Å². The lowest BCUT2D eigenvalue weighted by Crippen LogP contribution is -3.00. The molecule has 0 fully saturated rings. The molecule has 0 saturated carbocycles. The SMILES string of the molecule is CCc1ccc([N+]#N)c(N)c1CC.[Cl-]. The third kappa shape index (κ3) is 2.15. The number of halogens is 1. The molecule has 1 aromatic rings. The summed E-state index contributed by atoms with van der Waals surface area (Å²) in [6.45, 7) is 4.13. The lowest BCUT2D eigenvalue weighted by atomic mass is 10.00. The van der Waals surface area contributed by atoms with Crippen molar-refractivity contribution < 1.29 is 12.4 Å². The third-order valence-corrected chi connectivity index (χ3v) is 2.27. The number of hydrogen-bond acceptors (Lipinski definition) is 2. The van der Waals surface area contributed by atoms with E-state index >= 15 is 0 Å². The highest BCUT2D eigenvalue weighted by Crippen LogP contribution is 2.29. The molecule has 0 aliphatic heterocycles. The van der Waals surface area contributed by atoms with Gasteiger partial charge in [0.05, 0.1) is 0 Å². The smallest absolute Gasteiger partial charge is 0.407 e. The maximum Gasteiger partial charge on any atom is 0.407 e. The van der Waals surface area contributed by atoms with Crippen LogP contribution in [0.4, 0.5) is 11.4 Å². The van der Waals surface area contributed by atoms with Gasteiger partial charge >= 0.3 is 5.69 Å².